The van der Waals surface area contributed by atoms with Crippen LogP contribution in [0.15, 0.2) is 29.4 Å². The van der Waals surface area contributed by atoms with Gasteiger partial charge in [-0.05, 0) is 25.8 Å². The highest BCUT2D eigenvalue weighted by atomic mass is 32.2. The number of rotatable bonds is 10. The molecule has 0 atom stereocenters. The largest absolute Gasteiger partial charge is 0.355 e. The van der Waals surface area contributed by atoms with Crippen molar-refractivity contribution in [1.29, 1.82) is 0 Å². The average Bonchev–Trinajstić information content (AvgIpc) is 3.03. The molecule has 1 N–H and O–H groups in total. The highest BCUT2D eigenvalue weighted by Gasteiger charge is 2.15. The molecule has 25 heavy (non-hydrogen) atoms. The molecule has 0 aliphatic heterocycles. The summed E-state index contributed by atoms with van der Waals surface area (Å²) < 4.78 is 2.07. The minimum atomic E-state index is 0.0598. The Labute approximate surface area is 154 Å². The van der Waals surface area contributed by atoms with Crippen molar-refractivity contribution in [1.82, 2.24) is 20.1 Å². The molecule has 0 spiro atoms. The van der Waals surface area contributed by atoms with Gasteiger partial charge in [0.15, 0.2) is 11.0 Å². The third-order valence-electron chi connectivity index (χ3n) is 4.10. The average molecular weight is 361 g/mol. The summed E-state index contributed by atoms with van der Waals surface area (Å²) in [6.45, 7) is 7.86. The molecule has 1 aromatic heterocycles. The SMILES string of the molecule is CCCCCCNC(=O)CSc1nnc(-c2ccccc2C)n1CC. The lowest BCUT2D eigenvalue weighted by Gasteiger charge is -2.09. The van der Waals surface area contributed by atoms with Crippen LogP contribution in [-0.4, -0.2) is 33.0 Å². The van der Waals surface area contributed by atoms with E-state index >= 15 is 0 Å². The Bertz CT molecular complexity index is 684. The van der Waals surface area contributed by atoms with E-state index in [0.29, 0.717) is 5.75 Å². The molecule has 2 rings (SSSR count). The molecule has 5 nitrogen and oxygen atoms in total. The van der Waals surface area contributed by atoms with E-state index in [1.54, 1.807) is 0 Å². The van der Waals surface area contributed by atoms with E-state index in [-0.39, 0.29) is 5.91 Å². The van der Waals surface area contributed by atoms with Gasteiger partial charge in [0.05, 0.1) is 5.75 Å². The smallest absolute Gasteiger partial charge is 0.230 e. The topological polar surface area (TPSA) is 59.8 Å². The maximum absolute atomic E-state index is 12.0. The Morgan fingerprint density at radius 3 is 2.68 bits per heavy atom. The van der Waals surface area contributed by atoms with Gasteiger partial charge in [-0.25, -0.2) is 0 Å². The molecule has 2 aromatic rings. The lowest BCUT2D eigenvalue weighted by atomic mass is 10.1. The molecule has 0 bridgehead atoms. The van der Waals surface area contributed by atoms with Crippen LogP contribution in [0.4, 0.5) is 0 Å². The fraction of sp³-hybridized carbons (Fsp3) is 0.526. The highest BCUT2D eigenvalue weighted by Crippen LogP contribution is 2.26. The van der Waals surface area contributed by atoms with E-state index in [2.05, 4.69) is 53.0 Å². The van der Waals surface area contributed by atoms with Gasteiger partial charge >= 0.3 is 0 Å². The predicted molar refractivity (Wildman–Crippen MR) is 104 cm³/mol. The van der Waals surface area contributed by atoms with Crippen molar-refractivity contribution in [3.63, 3.8) is 0 Å². The fourth-order valence-corrected chi connectivity index (χ4v) is 3.50. The number of carbonyl (C=O) groups excluding carboxylic acids is 1. The Morgan fingerprint density at radius 1 is 1.16 bits per heavy atom. The van der Waals surface area contributed by atoms with E-state index in [0.717, 1.165) is 36.1 Å². The van der Waals surface area contributed by atoms with Gasteiger partial charge in [0.1, 0.15) is 0 Å². The number of aryl methyl sites for hydroxylation is 1. The number of aromatic nitrogens is 3. The molecule has 1 heterocycles. The standard InChI is InChI=1S/C19H28N4OS/c1-4-6-7-10-13-20-17(24)14-25-19-22-21-18(23(19)5-2)16-12-9-8-11-15(16)3/h8-9,11-12H,4-7,10,13-14H2,1-3H3,(H,20,24). The van der Waals surface area contributed by atoms with Crippen molar-refractivity contribution < 1.29 is 4.79 Å². The van der Waals surface area contributed by atoms with Crippen molar-refractivity contribution in [2.75, 3.05) is 12.3 Å². The van der Waals surface area contributed by atoms with Crippen molar-refractivity contribution in [2.45, 2.75) is 58.2 Å². The van der Waals surface area contributed by atoms with Crippen molar-refractivity contribution in [3.05, 3.63) is 29.8 Å². The van der Waals surface area contributed by atoms with Gasteiger partial charge in [0.25, 0.3) is 0 Å². The molecule has 6 heteroatoms. The lowest BCUT2D eigenvalue weighted by molar-refractivity contribution is -0.118. The van der Waals surface area contributed by atoms with E-state index in [1.165, 1.54) is 36.6 Å². The molecule has 1 aromatic carbocycles. The molecule has 136 valence electrons. The molecule has 0 radical (unpaired) electrons. The summed E-state index contributed by atoms with van der Waals surface area (Å²) >= 11 is 1.45. The van der Waals surface area contributed by atoms with Crippen LogP contribution in [0.25, 0.3) is 11.4 Å². The first-order valence-electron chi connectivity index (χ1n) is 9.06. The first kappa shape index (κ1) is 19.5. The van der Waals surface area contributed by atoms with Crippen molar-refractivity contribution in [2.24, 2.45) is 0 Å². The van der Waals surface area contributed by atoms with Gasteiger partial charge in [-0.1, -0.05) is 62.2 Å². The number of unbranched alkanes of at least 4 members (excludes halogenated alkanes) is 3. The monoisotopic (exact) mass is 360 g/mol. The molecule has 0 aliphatic carbocycles. The zero-order chi connectivity index (χ0) is 18.1. The van der Waals surface area contributed by atoms with Crippen LogP contribution >= 0.6 is 11.8 Å². The Balaban J connectivity index is 1.93. The zero-order valence-electron chi connectivity index (χ0n) is 15.4. The van der Waals surface area contributed by atoms with E-state index in [9.17, 15) is 4.79 Å². The number of nitrogens with one attached hydrogen (secondary N) is 1. The van der Waals surface area contributed by atoms with Crippen LogP contribution in [0.3, 0.4) is 0 Å². The predicted octanol–water partition coefficient (Wildman–Crippen LogP) is 4.06. The maximum Gasteiger partial charge on any atom is 0.230 e. The molecule has 0 fully saturated rings. The third kappa shape index (κ3) is 5.59. The second-order valence-corrected chi connectivity index (χ2v) is 7.01. The van der Waals surface area contributed by atoms with Gasteiger partial charge in [-0.15, -0.1) is 10.2 Å². The first-order chi connectivity index (χ1) is 12.2. The highest BCUT2D eigenvalue weighted by molar-refractivity contribution is 7.99. The molecule has 0 saturated carbocycles. The summed E-state index contributed by atoms with van der Waals surface area (Å²) in [5.74, 6) is 1.30. The van der Waals surface area contributed by atoms with Crippen LogP contribution in [0.5, 0.6) is 0 Å². The van der Waals surface area contributed by atoms with Gasteiger partial charge in [-0.3, -0.25) is 4.79 Å². The summed E-state index contributed by atoms with van der Waals surface area (Å²) in [6.07, 6.45) is 4.66. The number of thioether (sulfide) groups is 1. The minimum absolute atomic E-state index is 0.0598. The molecule has 0 aliphatic rings. The van der Waals surface area contributed by atoms with E-state index in [4.69, 9.17) is 0 Å². The van der Waals surface area contributed by atoms with Gasteiger partial charge in [0.2, 0.25) is 5.91 Å². The lowest BCUT2D eigenvalue weighted by Crippen LogP contribution is -2.26. The van der Waals surface area contributed by atoms with Crippen LogP contribution < -0.4 is 5.32 Å². The van der Waals surface area contributed by atoms with Crippen LogP contribution in [-0.2, 0) is 11.3 Å². The maximum atomic E-state index is 12.0. The first-order valence-corrected chi connectivity index (χ1v) is 10.0. The quantitative estimate of drug-likeness (QED) is 0.513. The molecular weight excluding hydrogens is 332 g/mol. The Hall–Kier alpha value is -1.82. The molecular formula is C19H28N4OS. The van der Waals surface area contributed by atoms with Crippen LogP contribution in [0.1, 0.15) is 45.1 Å². The van der Waals surface area contributed by atoms with Crippen LogP contribution in [0, 0.1) is 6.92 Å². The summed E-state index contributed by atoms with van der Waals surface area (Å²) in [6, 6.07) is 8.16. The molecule has 1 amide bonds. The molecule has 0 unspecified atom stereocenters. The number of carbonyl (C=O) groups is 1. The van der Waals surface area contributed by atoms with E-state index < -0.39 is 0 Å². The number of nitrogens with zero attached hydrogens (tertiary/aromatic N) is 3. The zero-order valence-corrected chi connectivity index (χ0v) is 16.2. The normalized spacial score (nSPS) is 10.8. The minimum Gasteiger partial charge on any atom is -0.355 e. The van der Waals surface area contributed by atoms with Gasteiger partial charge in [0, 0.05) is 18.7 Å². The summed E-state index contributed by atoms with van der Waals surface area (Å²) in [7, 11) is 0. The summed E-state index contributed by atoms with van der Waals surface area (Å²) in [5.41, 5.74) is 2.26. The van der Waals surface area contributed by atoms with Crippen LogP contribution in [0.2, 0.25) is 0 Å². The number of hydrogen-bond acceptors (Lipinski definition) is 4. The summed E-state index contributed by atoms with van der Waals surface area (Å²) in [4.78, 5) is 12.0. The van der Waals surface area contributed by atoms with Crippen molar-refractivity contribution in [3.8, 4) is 11.4 Å². The third-order valence-corrected chi connectivity index (χ3v) is 5.07. The van der Waals surface area contributed by atoms with Crippen molar-refractivity contribution >= 4 is 17.7 Å². The second kappa shape index (κ2) is 10.2. The van der Waals surface area contributed by atoms with Gasteiger partial charge in [-0.2, -0.15) is 0 Å². The second-order valence-electron chi connectivity index (χ2n) is 6.06. The number of benzene rings is 1. The van der Waals surface area contributed by atoms with Gasteiger partial charge < -0.3 is 9.88 Å². The number of hydrogen-bond donors (Lipinski definition) is 1. The fourth-order valence-electron chi connectivity index (χ4n) is 2.66. The molecule has 0 saturated heterocycles. The Morgan fingerprint density at radius 2 is 1.96 bits per heavy atom. The number of amides is 1. The summed E-state index contributed by atoms with van der Waals surface area (Å²) in [5, 5.41) is 12.4. The van der Waals surface area contributed by atoms with E-state index in [1.807, 2.05) is 12.1 Å². The Kier molecular flexibility index (Phi) is 7.98.